The highest BCUT2D eigenvalue weighted by Crippen LogP contribution is 2.24. The van der Waals surface area contributed by atoms with Crippen LogP contribution in [0.3, 0.4) is 0 Å². The van der Waals surface area contributed by atoms with E-state index in [0.29, 0.717) is 0 Å². The van der Waals surface area contributed by atoms with Crippen molar-refractivity contribution in [3.63, 3.8) is 0 Å². The second-order valence-electron chi connectivity index (χ2n) is 4.32. The van der Waals surface area contributed by atoms with Crippen molar-refractivity contribution in [2.75, 3.05) is 5.32 Å². The lowest BCUT2D eigenvalue weighted by Crippen LogP contribution is -2.31. The largest absolute Gasteiger partial charge is 0.478 e. The van der Waals surface area contributed by atoms with Crippen LogP contribution in [0.15, 0.2) is 30.6 Å². The maximum Gasteiger partial charge on any atom is 0.339 e. The van der Waals surface area contributed by atoms with Gasteiger partial charge in [0, 0.05) is 11.8 Å². The van der Waals surface area contributed by atoms with Gasteiger partial charge in [0.2, 0.25) is 0 Å². The molecule has 7 nitrogen and oxygen atoms in total. The minimum absolute atomic E-state index is 0.0585. The first-order chi connectivity index (χ1) is 9.99. The Bertz CT molecular complexity index is 657. The van der Waals surface area contributed by atoms with Crippen molar-refractivity contribution < 1.29 is 14.7 Å². The summed E-state index contributed by atoms with van der Waals surface area (Å²) in [7, 11) is 0. The molecule has 2 amide bonds. The fourth-order valence-electron chi connectivity index (χ4n) is 1.78. The zero-order valence-electron chi connectivity index (χ0n) is 11.1. The number of aromatic nitrogens is 2. The summed E-state index contributed by atoms with van der Waals surface area (Å²) in [6, 6.07) is 3.66. The smallest absolute Gasteiger partial charge is 0.339 e. The normalized spacial score (nSPS) is 11.7. The number of amides is 2. The van der Waals surface area contributed by atoms with Crippen molar-refractivity contribution in [2.24, 2.45) is 0 Å². The number of benzene rings is 1. The van der Waals surface area contributed by atoms with E-state index < -0.39 is 12.0 Å². The molecule has 0 saturated heterocycles. The number of urea groups is 1. The van der Waals surface area contributed by atoms with Crippen LogP contribution in [-0.4, -0.2) is 27.3 Å². The lowest BCUT2D eigenvalue weighted by Gasteiger charge is -2.14. The maximum atomic E-state index is 11.9. The number of carbonyl (C=O) groups is 2. The Kier molecular flexibility index (Phi) is 4.44. The van der Waals surface area contributed by atoms with E-state index in [4.69, 9.17) is 16.7 Å². The van der Waals surface area contributed by atoms with Gasteiger partial charge < -0.3 is 15.7 Å². The number of carboxylic acids is 1. The van der Waals surface area contributed by atoms with E-state index >= 15 is 0 Å². The molecule has 1 atom stereocenters. The van der Waals surface area contributed by atoms with Crippen LogP contribution < -0.4 is 10.6 Å². The molecule has 2 aromatic rings. The fraction of sp³-hybridized carbons (Fsp3) is 0.154. The van der Waals surface area contributed by atoms with Gasteiger partial charge in [-0.25, -0.2) is 9.59 Å². The molecule has 0 fully saturated rings. The number of halogens is 1. The van der Waals surface area contributed by atoms with Gasteiger partial charge >= 0.3 is 12.0 Å². The van der Waals surface area contributed by atoms with E-state index in [9.17, 15) is 9.59 Å². The minimum atomic E-state index is -1.21. The Morgan fingerprint density at radius 1 is 1.43 bits per heavy atom. The SMILES string of the molecule is CC(NC(=O)Nc1cccc(Cl)c1C(=O)O)c1cn[nH]c1. The van der Waals surface area contributed by atoms with Gasteiger partial charge in [-0.3, -0.25) is 5.10 Å². The molecule has 0 aliphatic rings. The predicted octanol–water partition coefficient (Wildman–Crippen LogP) is 2.64. The number of carbonyl (C=O) groups excluding carboxylic acids is 1. The molecule has 0 aliphatic carbocycles. The van der Waals surface area contributed by atoms with E-state index in [1.54, 1.807) is 25.4 Å². The highest BCUT2D eigenvalue weighted by Gasteiger charge is 2.17. The standard InChI is InChI=1S/C13H13ClN4O3/c1-7(8-5-15-16-6-8)17-13(21)18-10-4-2-3-9(14)11(10)12(19)20/h2-7H,1H3,(H,15,16)(H,19,20)(H2,17,18,21). The van der Waals surface area contributed by atoms with E-state index in [1.165, 1.54) is 12.1 Å². The van der Waals surface area contributed by atoms with Gasteiger partial charge in [0.05, 0.1) is 22.9 Å². The number of aromatic amines is 1. The van der Waals surface area contributed by atoms with Crippen molar-refractivity contribution in [3.8, 4) is 0 Å². The Morgan fingerprint density at radius 3 is 2.81 bits per heavy atom. The van der Waals surface area contributed by atoms with Crippen molar-refractivity contribution in [3.05, 3.63) is 46.7 Å². The molecule has 1 unspecified atom stereocenters. The van der Waals surface area contributed by atoms with Crippen LogP contribution in [0, 0.1) is 0 Å². The molecule has 0 saturated carbocycles. The topological polar surface area (TPSA) is 107 Å². The number of aromatic carboxylic acids is 1. The zero-order valence-corrected chi connectivity index (χ0v) is 11.8. The minimum Gasteiger partial charge on any atom is -0.478 e. The van der Waals surface area contributed by atoms with Crippen LogP contribution in [0.2, 0.25) is 5.02 Å². The molecule has 0 bridgehead atoms. The molecule has 110 valence electrons. The van der Waals surface area contributed by atoms with Crippen LogP contribution in [0.25, 0.3) is 0 Å². The summed E-state index contributed by atoms with van der Waals surface area (Å²) < 4.78 is 0. The molecule has 21 heavy (non-hydrogen) atoms. The molecule has 0 aliphatic heterocycles. The lowest BCUT2D eigenvalue weighted by atomic mass is 10.1. The molecule has 1 aromatic carbocycles. The first kappa shape index (κ1) is 14.9. The van der Waals surface area contributed by atoms with E-state index in [1.807, 2.05) is 0 Å². The van der Waals surface area contributed by atoms with Gasteiger partial charge in [-0.2, -0.15) is 5.10 Å². The van der Waals surface area contributed by atoms with Gasteiger partial charge in [0.25, 0.3) is 0 Å². The van der Waals surface area contributed by atoms with Gasteiger partial charge in [-0.1, -0.05) is 17.7 Å². The van der Waals surface area contributed by atoms with Gasteiger partial charge in [-0.05, 0) is 19.1 Å². The summed E-state index contributed by atoms with van der Waals surface area (Å²) in [6.45, 7) is 1.78. The predicted molar refractivity (Wildman–Crippen MR) is 77.6 cm³/mol. The van der Waals surface area contributed by atoms with E-state index in [0.717, 1.165) is 5.56 Å². The molecule has 1 heterocycles. The first-order valence-electron chi connectivity index (χ1n) is 6.07. The second kappa shape index (κ2) is 6.27. The number of carboxylic acid groups (broad SMARTS) is 1. The number of hydrogen-bond acceptors (Lipinski definition) is 3. The molecule has 1 aromatic heterocycles. The third-order valence-electron chi connectivity index (χ3n) is 2.84. The lowest BCUT2D eigenvalue weighted by molar-refractivity contribution is 0.0698. The molecule has 0 radical (unpaired) electrons. The fourth-order valence-corrected chi connectivity index (χ4v) is 2.04. The molecule has 2 rings (SSSR count). The van der Waals surface area contributed by atoms with Crippen LogP contribution >= 0.6 is 11.6 Å². The Morgan fingerprint density at radius 2 is 2.19 bits per heavy atom. The molecule has 4 N–H and O–H groups in total. The van der Waals surface area contributed by atoms with Gasteiger partial charge in [-0.15, -0.1) is 0 Å². The van der Waals surface area contributed by atoms with Crippen LogP contribution in [0.1, 0.15) is 28.9 Å². The number of nitrogens with one attached hydrogen (secondary N) is 3. The summed E-state index contributed by atoms with van der Waals surface area (Å²) in [6.07, 6.45) is 3.25. The highest BCUT2D eigenvalue weighted by atomic mass is 35.5. The highest BCUT2D eigenvalue weighted by molar-refractivity contribution is 6.34. The maximum absolute atomic E-state index is 11.9. The first-order valence-corrected chi connectivity index (χ1v) is 6.45. The second-order valence-corrected chi connectivity index (χ2v) is 4.73. The summed E-state index contributed by atoms with van der Waals surface area (Å²) in [5, 5.41) is 20.8. The number of rotatable bonds is 4. The zero-order chi connectivity index (χ0) is 15.4. The molecular weight excluding hydrogens is 296 g/mol. The van der Waals surface area contributed by atoms with Crippen molar-refractivity contribution >= 4 is 29.3 Å². The number of hydrogen-bond donors (Lipinski definition) is 4. The average Bonchev–Trinajstić information content (AvgIpc) is 2.91. The summed E-state index contributed by atoms with van der Waals surface area (Å²) in [5.74, 6) is -1.21. The molecule has 8 heteroatoms. The van der Waals surface area contributed by atoms with Gasteiger partial charge in [0.1, 0.15) is 5.56 Å². The average molecular weight is 309 g/mol. The number of nitrogens with zero attached hydrogens (tertiary/aromatic N) is 1. The van der Waals surface area contributed by atoms with Crippen LogP contribution in [0.5, 0.6) is 0 Å². The van der Waals surface area contributed by atoms with Crippen molar-refractivity contribution in [2.45, 2.75) is 13.0 Å². The third kappa shape index (κ3) is 3.51. The van der Waals surface area contributed by atoms with Gasteiger partial charge in [0.15, 0.2) is 0 Å². The monoisotopic (exact) mass is 308 g/mol. The third-order valence-corrected chi connectivity index (χ3v) is 3.16. The quantitative estimate of drug-likeness (QED) is 0.696. The number of anilines is 1. The van der Waals surface area contributed by atoms with Crippen LogP contribution in [0.4, 0.5) is 10.5 Å². The summed E-state index contributed by atoms with van der Waals surface area (Å²) in [4.78, 5) is 23.1. The Hall–Kier alpha value is -2.54. The molecule has 0 spiro atoms. The van der Waals surface area contributed by atoms with Crippen LogP contribution in [-0.2, 0) is 0 Å². The summed E-state index contributed by atoms with van der Waals surface area (Å²) in [5.41, 5.74) is 0.784. The van der Waals surface area contributed by atoms with E-state index in [2.05, 4.69) is 20.8 Å². The number of H-pyrrole nitrogens is 1. The Labute approximate surface area is 125 Å². The van der Waals surface area contributed by atoms with E-state index in [-0.39, 0.29) is 22.3 Å². The summed E-state index contributed by atoms with van der Waals surface area (Å²) >= 11 is 5.83. The Balaban J connectivity index is 2.10. The van der Waals surface area contributed by atoms with Crippen molar-refractivity contribution in [1.29, 1.82) is 0 Å². The van der Waals surface area contributed by atoms with Crippen molar-refractivity contribution in [1.82, 2.24) is 15.5 Å². The molecular formula is C13H13ClN4O3.